The zero-order valence-electron chi connectivity index (χ0n) is 14.1. The lowest BCUT2D eigenvalue weighted by Crippen LogP contribution is -2.46. The maximum atomic E-state index is 12.6. The summed E-state index contributed by atoms with van der Waals surface area (Å²) in [5.74, 6) is 0.348. The van der Waals surface area contributed by atoms with Crippen molar-refractivity contribution in [1.29, 1.82) is 0 Å². The number of piperidine rings is 1. The minimum atomic E-state index is 0.103. The number of hydrogen-bond donors (Lipinski definition) is 1. The highest BCUT2D eigenvalue weighted by Gasteiger charge is 2.27. The fourth-order valence-corrected chi connectivity index (χ4v) is 4.34. The summed E-state index contributed by atoms with van der Waals surface area (Å²) in [6.07, 6.45) is 8.14. The lowest BCUT2D eigenvalue weighted by Gasteiger charge is -2.33. The number of likely N-dealkylation sites (tertiary alicyclic amines) is 1. The van der Waals surface area contributed by atoms with Gasteiger partial charge in [-0.15, -0.1) is 0 Å². The Kier molecular flexibility index (Phi) is 6.43. The molecule has 1 aliphatic carbocycles. The Balaban J connectivity index is 1.54. The van der Waals surface area contributed by atoms with Gasteiger partial charge in [-0.2, -0.15) is 0 Å². The molecule has 132 valence electrons. The van der Waals surface area contributed by atoms with Crippen LogP contribution in [0.1, 0.15) is 50.5 Å². The molecule has 0 spiro atoms. The molecule has 1 aromatic rings. The SMILES string of the molecule is O=C(NC1CCCCC1)[C@@H]1CCCN(Cc2ccc(Cl)cc2Cl)C1. The number of amides is 1. The molecule has 2 fully saturated rings. The van der Waals surface area contributed by atoms with E-state index in [1.54, 1.807) is 6.07 Å². The molecular formula is C19H26Cl2N2O. The summed E-state index contributed by atoms with van der Waals surface area (Å²) < 4.78 is 0. The lowest BCUT2D eigenvalue weighted by atomic mass is 9.93. The van der Waals surface area contributed by atoms with Crippen LogP contribution in [0.2, 0.25) is 10.0 Å². The van der Waals surface area contributed by atoms with E-state index in [2.05, 4.69) is 10.2 Å². The highest BCUT2D eigenvalue weighted by atomic mass is 35.5. The number of nitrogens with zero attached hydrogens (tertiary/aromatic N) is 1. The van der Waals surface area contributed by atoms with Crippen molar-refractivity contribution < 1.29 is 4.79 Å². The van der Waals surface area contributed by atoms with Crippen LogP contribution in [-0.4, -0.2) is 29.9 Å². The van der Waals surface area contributed by atoms with Crippen LogP contribution in [0.3, 0.4) is 0 Å². The Hall–Kier alpha value is -0.770. The quantitative estimate of drug-likeness (QED) is 0.838. The van der Waals surface area contributed by atoms with Crippen molar-refractivity contribution >= 4 is 29.1 Å². The van der Waals surface area contributed by atoms with Crippen molar-refractivity contribution in [2.75, 3.05) is 13.1 Å². The number of rotatable bonds is 4. The van der Waals surface area contributed by atoms with Gasteiger partial charge >= 0.3 is 0 Å². The van der Waals surface area contributed by atoms with Crippen LogP contribution < -0.4 is 5.32 Å². The molecule has 1 N–H and O–H groups in total. The predicted octanol–water partition coefficient (Wildman–Crippen LogP) is 4.65. The van der Waals surface area contributed by atoms with E-state index in [1.807, 2.05) is 12.1 Å². The first-order chi connectivity index (χ1) is 11.6. The Morgan fingerprint density at radius 2 is 1.92 bits per heavy atom. The van der Waals surface area contributed by atoms with Crippen molar-refractivity contribution in [1.82, 2.24) is 10.2 Å². The van der Waals surface area contributed by atoms with Gasteiger partial charge in [-0.25, -0.2) is 0 Å². The largest absolute Gasteiger partial charge is 0.353 e. The van der Waals surface area contributed by atoms with E-state index >= 15 is 0 Å². The molecule has 0 radical (unpaired) electrons. The van der Waals surface area contributed by atoms with E-state index in [-0.39, 0.29) is 11.8 Å². The fraction of sp³-hybridized carbons (Fsp3) is 0.632. The van der Waals surface area contributed by atoms with Crippen LogP contribution in [0.4, 0.5) is 0 Å². The number of hydrogen-bond acceptors (Lipinski definition) is 2. The molecule has 1 saturated heterocycles. The monoisotopic (exact) mass is 368 g/mol. The Bertz CT molecular complexity index is 572. The summed E-state index contributed by atoms with van der Waals surface area (Å²) in [6, 6.07) is 6.04. The predicted molar refractivity (Wildman–Crippen MR) is 99.5 cm³/mol. The van der Waals surface area contributed by atoms with Crippen LogP contribution >= 0.6 is 23.2 Å². The first kappa shape index (κ1) is 18.0. The zero-order chi connectivity index (χ0) is 16.9. The van der Waals surface area contributed by atoms with Gasteiger partial charge in [0.15, 0.2) is 0 Å². The summed E-state index contributed by atoms with van der Waals surface area (Å²) >= 11 is 12.3. The maximum absolute atomic E-state index is 12.6. The van der Waals surface area contributed by atoms with E-state index in [9.17, 15) is 4.79 Å². The molecule has 0 unspecified atom stereocenters. The van der Waals surface area contributed by atoms with E-state index in [1.165, 1.54) is 19.3 Å². The second-order valence-corrected chi connectivity index (χ2v) is 8.00. The highest BCUT2D eigenvalue weighted by Crippen LogP contribution is 2.25. The summed E-state index contributed by atoms with van der Waals surface area (Å²) in [6.45, 7) is 2.62. The molecule has 0 bridgehead atoms. The van der Waals surface area contributed by atoms with Gasteiger partial charge in [0, 0.05) is 29.2 Å². The summed E-state index contributed by atoms with van der Waals surface area (Å²) in [5, 5.41) is 4.65. The van der Waals surface area contributed by atoms with Crippen molar-refractivity contribution in [2.24, 2.45) is 5.92 Å². The Morgan fingerprint density at radius 3 is 2.67 bits per heavy atom. The molecule has 1 amide bonds. The fourth-order valence-electron chi connectivity index (χ4n) is 3.87. The Morgan fingerprint density at radius 1 is 1.12 bits per heavy atom. The molecule has 2 aliphatic rings. The number of carbonyl (C=O) groups is 1. The standard InChI is InChI=1S/C19H26Cl2N2O/c20-16-9-8-14(18(21)11-16)12-23-10-4-5-15(13-23)19(24)22-17-6-2-1-3-7-17/h8-9,11,15,17H,1-7,10,12-13H2,(H,22,24)/t15-/m1/s1. The Labute approximate surface area is 154 Å². The second kappa shape index (κ2) is 8.55. The molecule has 24 heavy (non-hydrogen) atoms. The molecule has 1 saturated carbocycles. The normalized spacial score (nSPS) is 23.2. The van der Waals surface area contributed by atoms with E-state index in [0.717, 1.165) is 50.9 Å². The van der Waals surface area contributed by atoms with Crippen LogP contribution in [0.5, 0.6) is 0 Å². The summed E-state index contributed by atoms with van der Waals surface area (Å²) in [7, 11) is 0. The van der Waals surface area contributed by atoms with Crippen molar-refractivity contribution in [3.63, 3.8) is 0 Å². The van der Waals surface area contributed by atoms with Gasteiger partial charge in [-0.1, -0.05) is 48.5 Å². The van der Waals surface area contributed by atoms with Crippen LogP contribution in [-0.2, 0) is 11.3 Å². The number of carbonyl (C=O) groups excluding carboxylic acids is 1. The van der Waals surface area contributed by atoms with E-state index in [0.29, 0.717) is 16.1 Å². The maximum Gasteiger partial charge on any atom is 0.224 e. The van der Waals surface area contributed by atoms with E-state index < -0.39 is 0 Å². The minimum absolute atomic E-state index is 0.103. The number of halogens is 2. The van der Waals surface area contributed by atoms with Gasteiger partial charge in [-0.05, 0) is 49.9 Å². The topological polar surface area (TPSA) is 32.3 Å². The summed E-state index contributed by atoms with van der Waals surface area (Å²) in [5.41, 5.74) is 1.08. The molecule has 3 nitrogen and oxygen atoms in total. The third kappa shape index (κ3) is 4.87. The van der Waals surface area contributed by atoms with Gasteiger partial charge in [0.25, 0.3) is 0 Å². The first-order valence-corrected chi connectivity index (χ1v) is 9.84. The van der Waals surface area contributed by atoms with Crippen LogP contribution in [0.15, 0.2) is 18.2 Å². The molecule has 3 rings (SSSR count). The molecule has 1 aliphatic heterocycles. The van der Waals surface area contributed by atoms with Crippen molar-refractivity contribution in [3.8, 4) is 0 Å². The molecule has 1 aromatic carbocycles. The molecule has 1 atom stereocenters. The van der Waals surface area contributed by atoms with Gasteiger partial charge in [0.2, 0.25) is 5.91 Å². The number of benzene rings is 1. The molecule has 1 heterocycles. The van der Waals surface area contributed by atoms with Crippen molar-refractivity contribution in [2.45, 2.75) is 57.5 Å². The third-order valence-corrected chi connectivity index (χ3v) is 5.82. The van der Waals surface area contributed by atoms with Gasteiger partial charge in [0.05, 0.1) is 5.92 Å². The van der Waals surface area contributed by atoms with Crippen molar-refractivity contribution in [3.05, 3.63) is 33.8 Å². The average molecular weight is 369 g/mol. The molecular weight excluding hydrogens is 343 g/mol. The van der Waals surface area contributed by atoms with Gasteiger partial charge in [-0.3, -0.25) is 9.69 Å². The smallest absolute Gasteiger partial charge is 0.224 e. The lowest BCUT2D eigenvalue weighted by molar-refractivity contribution is -0.127. The number of nitrogens with one attached hydrogen (secondary N) is 1. The highest BCUT2D eigenvalue weighted by molar-refractivity contribution is 6.35. The molecule has 0 aromatic heterocycles. The average Bonchev–Trinajstić information content (AvgIpc) is 2.59. The van der Waals surface area contributed by atoms with Gasteiger partial charge in [0.1, 0.15) is 0 Å². The van der Waals surface area contributed by atoms with Gasteiger partial charge < -0.3 is 5.32 Å². The van der Waals surface area contributed by atoms with Crippen LogP contribution in [0.25, 0.3) is 0 Å². The zero-order valence-corrected chi connectivity index (χ0v) is 15.6. The first-order valence-electron chi connectivity index (χ1n) is 9.08. The second-order valence-electron chi connectivity index (χ2n) is 7.15. The minimum Gasteiger partial charge on any atom is -0.353 e. The van der Waals surface area contributed by atoms with E-state index in [4.69, 9.17) is 23.2 Å². The molecule has 5 heteroatoms. The summed E-state index contributed by atoms with van der Waals surface area (Å²) in [4.78, 5) is 14.9. The van der Waals surface area contributed by atoms with Crippen LogP contribution in [0, 0.1) is 5.92 Å². The third-order valence-electron chi connectivity index (χ3n) is 5.24.